The number of hydrogen-bond donors (Lipinski definition) is 1. The van der Waals surface area contributed by atoms with E-state index >= 15 is 0 Å². The molecular weight excluding hydrogens is 478 g/mol. The Kier molecular flexibility index (Phi) is 6.78. The number of anilines is 1. The van der Waals surface area contributed by atoms with E-state index in [4.69, 9.17) is 0 Å². The topological polar surface area (TPSA) is 91.7 Å². The highest BCUT2D eigenvalue weighted by atomic mass is 32.2. The number of carbonyl (C=O) groups excluding carboxylic acids is 1. The van der Waals surface area contributed by atoms with E-state index in [1.807, 2.05) is 0 Å². The van der Waals surface area contributed by atoms with Gasteiger partial charge < -0.3 is 5.32 Å². The van der Waals surface area contributed by atoms with Gasteiger partial charge >= 0.3 is 22.6 Å². The van der Waals surface area contributed by atoms with Crippen LogP contribution in [0.15, 0.2) is 34.4 Å². The van der Waals surface area contributed by atoms with Crippen molar-refractivity contribution in [1.82, 2.24) is 9.29 Å². The fourth-order valence-corrected chi connectivity index (χ4v) is 5.09. The molecule has 7 nitrogen and oxygen atoms in total. The number of hydrogen-bond acceptors (Lipinski definition) is 4. The maximum absolute atomic E-state index is 12.9. The molecule has 1 aliphatic carbocycles. The summed E-state index contributed by atoms with van der Waals surface area (Å²) < 4.78 is 107. The van der Waals surface area contributed by atoms with Crippen LogP contribution >= 0.6 is 0 Å². The Hall–Kier alpha value is -2.64. The Morgan fingerprint density at radius 1 is 1.12 bits per heavy atom. The van der Waals surface area contributed by atoms with Crippen LogP contribution in [0.5, 0.6) is 0 Å². The summed E-state index contributed by atoms with van der Waals surface area (Å²) in [5.41, 5.74) is -1.70. The van der Waals surface area contributed by atoms with Crippen molar-refractivity contribution in [3.8, 4) is 0 Å². The van der Waals surface area contributed by atoms with Gasteiger partial charge in [0.05, 0.1) is 11.6 Å². The first-order valence-corrected chi connectivity index (χ1v) is 11.4. The molecule has 1 N–H and O–H groups in total. The summed E-state index contributed by atoms with van der Waals surface area (Å²) in [6, 6.07) is 2.84. The van der Waals surface area contributed by atoms with Crippen LogP contribution in [0.25, 0.3) is 0 Å². The third kappa shape index (κ3) is 5.65. The minimum absolute atomic E-state index is 0.0330. The molecule has 0 atom stereocenters. The molecule has 1 aliphatic heterocycles. The van der Waals surface area contributed by atoms with Crippen molar-refractivity contribution in [2.24, 2.45) is 16.2 Å². The molecule has 1 aromatic rings. The fraction of sp³-hybridized carbons (Fsp3) is 0.526. The number of aromatic nitrogens is 1. The number of pyridine rings is 1. The SMILES string of the molecule is CCN1C(C(=O)Nc2cccc(C(F)(F)F)n2)=CC(C2CCC(C(F)(F)F)CC2)=NS1(=O)=O. The van der Waals surface area contributed by atoms with Gasteiger partial charge in [-0.25, -0.2) is 9.29 Å². The summed E-state index contributed by atoms with van der Waals surface area (Å²) in [5, 5.41) is 2.15. The van der Waals surface area contributed by atoms with Gasteiger partial charge in [0, 0.05) is 12.5 Å². The molecule has 0 unspecified atom stereocenters. The van der Waals surface area contributed by atoms with Crippen LogP contribution in [0.4, 0.5) is 32.2 Å². The molecule has 0 spiro atoms. The van der Waals surface area contributed by atoms with Crippen molar-refractivity contribution >= 4 is 27.6 Å². The molecule has 1 amide bonds. The maximum atomic E-state index is 12.9. The number of nitrogens with one attached hydrogen (secondary N) is 1. The predicted molar refractivity (Wildman–Crippen MR) is 106 cm³/mol. The van der Waals surface area contributed by atoms with Crippen molar-refractivity contribution in [3.05, 3.63) is 35.7 Å². The van der Waals surface area contributed by atoms with Gasteiger partial charge in [-0.15, -0.1) is 4.40 Å². The molecule has 182 valence electrons. The zero-order valence-corrected chi connectivity index (χ0v) is 18.1. The highest BCUT2D eigenvalue weighted by Gasteiger charge is 2.43. The van der Waals surface area contributed by atoms with Crippen LogP contribution in [-0.4, -0.2) is 42.0 Å². The highest BCUT2D eigenvalue weighted by Crippen LogP contribution is 2.40. The highest BCUT2D eigenvalue weighted by molar-refractivity contribution is 7.88. The van der Waals surface area contributed by atoms with E-state index in [1.54, 1.807) is 0 Å². The van der Waals surface area contributed by atoms with Crippen molar-refractivity contribution in [2.45, 2.75) is 45.0 Å². The van der Waals surface area contributed by atoms with Crippen LogP contribution in [0.1, 0.15) is 38.3 Å². The quantitative estimate of drug-likeness (QED) is 0.627. The second-order valence-electron chi connectivity index (χ2n) is 7.64. The average Bonchev–Trinajstić information content (AvgIpc) is 2.71. The molecule has 3 rings (SSSR count). The molecule has 0 saturated heterocycles. The number of allylic oxidation sites excluding steroid dienone is 1. The molecule has 2 heterocycles. The van der Waals surface area contributed by atoms with Crippen molar-refractivity contribution < 1.29 is 39.6 Å². The van der Waals surface area contributed by atoms with Crippen LogP contribution in [0, 0.1) is 11.8 Å². The summed E-state index contributed by atoms with van der Waals surface area (Å²) in [4.78, 5) is 16.1. The molecule has 1 saturated carbocycles. The van der Waals surface area contributed by atoms with Crippen molar-refractivity contribution in [3.63, 3.8) is 0 Å². The van der Waals surface area contributed by atoms with Crippen LogP contribution < -0.4 is 5.32 Å². The molecular formula is C19H20F6N4O3S. The zero-order chi connectivity index (χ0) is 24.6. The third-order valence-electron chi connectivity index (χ3n) is 5.46. The van der Waals surface area contributed by atoms with Gasteiger partial charge in [0.1, 0.15) is 17.2 Å². The minimum atomic E-state index is -4.75. The lowest BCUT2D eigenvalue weighted by molar-refractivity contribution is -0.182. The normalized spacial score (nSPS) is 23.5. The fourth-order valence-electron chi connectivity index (χ4n) is 3.81. The lowest BCUT2D eigenvalue weighted by Crippen LogP contribution is -2.40. The second kappa shape index (κ2) is 8.95. The molecule has 33 heavy (non-hydrogen) atoms. The van der Waals surface area contributed by atoms with Gasteiger partial charge in [-0.05, 0) is 50.8 Å². The Bertz CT molecular complexity index is 1070. The van der Waals surface area contributed by atoms with Gasteiger partial charge in [-0.1, -0.05) is 6.07 Å². The summed E-state index contributed by atoms with van der Waals surface area (Å²) in [5.74, 6) is -3.57. The number of halogens is 6. The number of alkyl halides is 6. The van der Waals surface area contributed by atoms with E-state index in [-0.39, 0.29) is 37.9 Å². The van der Waals surface area contributed by atoms with E-state index in [1.165, 1.54) is 6.92 Å². The number of likely N-dealkylation sites (N-methyl/N-ethyl adjacent to an activating group) is 1. The first kappa shape index (κ1) is 25.0. The van der Waals surface area contributed by atoms with E-state index in [9.17, 15) is 39.6 Å². The van der Waals surface area contributed by atoms with Crippen LogP contribution in [-0.2, 0) is 21.2 Å². The van der Waals surface area contributed by atoms with Gasteiger partial charge in [-0.3, -0.25) is 4.79 Å². The smallest absolute Gasteiger partial charge is 0.305 e. The summed E-state index contributed by atoms with van der Waals surface area (Å²) in [6.07, 6.45) is -8.27. The number of nitrogens with zero attached hydrogens (tertiary/aromatic N) is 3. The molecule has 2 aliphatic rings. The Morgan fingerprint density at radius 3 is 2.30 bits per heavy atom. The standard InChI is InChI=1S/C19H20F6N4O3S/c1-2-29-14(17(30)27-16-5-3-4-15(26-16)19(23,24)25)10-13(28-33(29,31)32)11-6-8-12(9-7-11)18(20,21)22/h3-5,10-12H,2,6-9H2,1H3,(H,26,27,30). The first-order chi connectivity index (χ1) is 15.2. The summed E-state index contributed by atoms with van der Waals surface area (Å²) in [7, 11) is -4.36. The predicted octanol–water partition coefficient (Wildman–Crippen LogP) is 4.31. The second-order valence-corrected chi connectivity index (χ2v) is 9.16. The monoisotopic (exact) mass is 498 g/mol. The van der Waals surface area contributed by atoms with E-state index in [2.05, 4.69) is 14.7 Å². The Labute approximate surface area is 185 Å². The Morgan fingerprint density at radius 2 is 1.76 bits per heavy atom. The Balaban J connectivity index is 1.86. The molecule has 0 aromatic carbocycles. The van der Waals surface area contributed by atoms with Crippen LogP contribution in [0.2, 0.25) is 0 Å². The summed E-state index contributed by atoms with van der Waals surface area (Å²) in [6.45, 7) is 1.23. The molecule has 14 heteroatoms. The molecule has 0 bridgehead atoms. The van der Waals surface area contributed by atoms with E-state index in [0.29, 0.717) is 10.4 Å². The van der Waals surface area contributed by atoms with Gasteiger partial charge in [0.15, 0.2) is 0 Å². The van der Waals surface area contributed by atoms with Gasteiger partial charge in [-0.2, -0.15) is 34.8 Å². The molecule has 1 aromatic heterocycles. The average molecular weight is 498 g/mol. The summed E-state index contributed by atoms with van der Waals surface area (Å²) >= 11 is 0. The van der Waals surface area contributed by atoms with Crippen molar-refractivity contribution in [1.29, 1.82) is 0 Å². The number of carbonyl (C=O) groups is 1. The molecule has 1 fully saturated rings. The number of amides is 1. The lowest BCUT2D eigenvalue weighted by atomic mass is 9.79. The van der Waals surface area contributed by atoms with E-state index < -0.39 is 57.5 Å². The third-order valence-corrected chi connectivity index (χ3v) is 6.92. The van der Waals surface area contributed by atoms with Crippen molar-refractivity contribution in [2.75, 3.05) is 11.9 Å². The van der Waals surface area contributed by atoms with Gasteiger partial charge in [0.2, 0.25) is 0 Å². The largest absolute Gasteiger partial charge is 0.433 e. The number of rotatable bonds is 4. The zero-order valence-electron chi connectivity index (χ0n) is 17.2. The van der Waals surface area contributed by atoms with Gasteiger partial charge in [0.25, 0.3) is 5.91 Å². The molecule has 0 radical (unpaired) electrons. The first-order valence-electron chi connectivity index (χ1n) is 9.99. The van der Waals surface area contributed by atoms with Crippen LogP contribution in [0.3, 0.4) is 0 Å². The van der Waals surface area contributed by atoms with E-state index in [0.717, 1.165) is 18.2 Å². The maximum Gasteiger partial charge on any atom is 0.433 e. The minimum Gasteiger partial charge on any atom is -0.305 e. The lowest BCUT2D eigenvalue weighted by Gasteiger charge is -2.32.